The lowest BCUT2D eigenvalue weighted by atomic mass is 10.2. The van der Waals surface area contributed by atoms with Crippen LogP contribution in [0.5, 0.6) is 11.5 Å². The number of aryl methyl sites for hydroxylation is 1. The predicted octanol–water partition coefficient (Wildman–Crippen LogP) is 4.50. The second-order valence-corrected chi connectivity index (χ2v) is 5.86. The average molecular weight is 363 g/mol. The first-order valence-electron chi connectivity index (χ1n) is 8.14. The van der Waals surface area contributed by atoms with Gasteiger partial charge in [-0.25, -0.2) is 0 Å². The summed E-state index contributed by atoms with van der Waals surface area (Å²) in [5, 5.41) is 6.69. The van der Waals surface area contributed by atoms with Crippen LogP contribution in [-0.2, 0) is 4.79 Å². The summed E-state index contributed by atoms with van der Waals surface area (Å²) < 4.78 is 10.8. The fourth-order valence-corrected chi connectivity index (χ4v) is 2.50. The molecule has 0 aromatic heterocycles. The van der Waals surface area contributed by atoms with Gasteiger partial charge in [-0.05, 0) is 37.6 Å². The number of halogens is 1. The van der Waals surface area contributed by atoms with E-state index in [1.54, 1.807) is 19.2 Å². The molecule has 134 valence electrons. The van der Waals surface area contributed by atoms with E-state index in [0.29, 0.717) is 36.0 Å². The second-order valence-electron chi connectivity index (χ2n) is 5.46. The van der Waals surface area contributed by atoms with Crippen LogP contribution < -0.4 is 20.1 Å². The Morgan fingerprint density at radius 2 is 1.92 bits per heavy atom. The molecular weight excluding hydrogens is 340 g/mol. The second kappa shape index (κ2) is 9.18. The van der Waals surface area contributed by atoms with Gasteiger partial charge in [-0.3, -0.25) is 4.79 Å². The molecule has 2 aromatic carbocycles. The molecule has 5 nitrogen and oxygen atoms in total. The fourth-order valence-electron chi connectivity index (χ4n) is 2.35. The average Bonchev–Trinajstić information content (AvgIpc) is 2.59. The molecule has 1 amide bonds. The van der Waals surface area contributed by atoms with Crippen molar-refractivity contribution in [2.24, 2.45) is 0 Å². The summed E-state index contributed by atoms with van der Waals surface area (Å²) in [7, 11) is 1.54. The van der Waals surface area contributed by atoms with Gasteiger partial charge in [0.1, 0.15) is 11.5 Å². The molecule has 2 rings (SSSR count). The van der Waals surface area contributed by atoms with Crippen molar-refractivity contribution < 1.29 is 14.3 Å². The molecule has 0 fully saturated rings. The normalized spacial score (nSPS) is 10.2. The SMILES string of the molecule is CCOc1ccccc1NCCC(=O)Nc1cc(C)c(Cl)cc1OC. The maximum Gasteiger partial charge on any atom is 0.226 e. The molecule has 0 unspecified atom stereocenters. The number of para-hydroxylation sites is 2. The Hall–Kier alpha value is -2.40. The molecule has 0 bridgehead atoms. The number of hydrogen-bond donors (Lipinski definition) is 2. The number of nitrogens with one attached hydrogen (secondary N) is 2. The molecule has 6 heteroatoms. The van der Waals surface area contributed by atoms with E-state index in [4.69, 9.17) is 21.1 Å². The van der Waals surface area contributed by atoms with Crippen molar-refractivity contribution in [3.8, 4) is 11.5 Å². The summed E-state index contributed by atoms with van der Waals surface area (Å²) in [6.07, 6.45) is 0.311. The third-order valence-electron chi connectivity index (χ3n) is 3.61. The summed E-state index contributed by atoms with van der Waals surface area (Å²) in [6.45, 7) is 4.90. The van der Waals surface area contributed by atoms with Gasteiger partial charge in [0.15, 0.2) is 0 Å². The fraction of sp³-hybridized carbons (Fsp3) is 0.316. The molecule has 0 spiro atoms. The van der Waals surface area contributed by atoms with E-state index in [9.17, 15) is 4.79 Å². The maximum absolute atomic E-state index is 12.2. The van der Waals surface area contributed by atoms with E-state index < -0.39 is 0 Å². The zero-order valence-electron chi connectivity index (χ0n) is 14.7. The van der Waals surface area contributed by atoms with Crippen LogP contribution in [0.1, 0.15) is 18.9 Å². The third-order valence-corrected chi connectivity index (χ3v) is 4.02. The summed E-state index contributed by atoms with van der Waals surface area (Å²) in [5.74, 6) is 1.21. The molecule has 0 saturated carbocycles. The summed E-state index contributed by atoms with van der Waals surface area (Å²) in [4.78, 5) is 12.2. The van der Waals surface area contributed by atoms with Crippen LogP contribution in [0.15, 0.2) is 36.4 Å². The van der Waals surface area contributed by atoms with Gasteiger partial charge in [0.25, 0.3) is 0 Å². The minimum atomic E-state index is -0.110. The number of ether oxygens (including phenoxy) is 2. The molecule has 0 aliphatic heterocycles. The van der Waals surface area contributed by atoms with Crippen LogP contribution in [-0.4, -0.2) is 26.2 Å². The summed E-state index contributed by atoms with van der Waals surface area (Å²) >= 11 is 6.08. The lowest BCUT2D eigenvalue weighted by Gasteiger charge is -2.14. The first kappa shape index (κ1) is 18.9. The molecule has 0 radical (unpaired) electrons. The molecular formula is C19H23ClN2O3. The molecule has 0 aliphatic carbocycles. The molecule has 0 heterocycles. The number of amides is 1. The summed E-state index contributed by atoms with van der Waals surface area (Å²) in [5.41, 5.74) is 2.36. The molecule has 0 atom stereocenters. The van der Waals surface area contributed by atoms with E-state index in [2.05, 4.69) is 10.6 Å². The number of benzene rings is 2. The Morgan fingerprint density at radius 1 is 1.16 bits per heavy atom. The number of hydrogen-bond acceptors (Lipinski definition) is 4. The highest BCUT2D eigenvalue weighted by Gasteiger charge is 2.10. The predicted molar refractivity (Wildman–Crippen MR) is 102 cm³/mol. The van der Waals surface area contributed by atoms with Crippen LogP contribution in [0.2, 0.25) is 5.02 Å². The van der Waals surface area contributed by atoms with Gasteiger partial charge in [0.05, 0.1) is 25.1 Å². The van der Waals surface area contributed by atoms with Crippen molar-refractivity contribution in [1.29, 1.82) is 0 Å². The van der Waals surface area contributed by atoms with Crippen LogP contribution in [0.4, 0.5) is 11.4 Å². The van der Waals surface area contributed by atoms with Gasteiger partial charge in [-0.15, -0.1) is 0 Å². The number of carbonyl (C=O) groups is 1. The van der Waals surface area contributed by atoms with Gasteiger partial charge in [0.2, 0.25) is 5.91 Å². The van der Waals surface area contributed by atoms with Crippen molar-refractivity contribution in [3.05, 3.63) is 47.0 Å². The van der Waals surface area contributed by atoms with Crippen LogP contribution >= 0.6 is 11.6 Å². The Morgan fingerprint density at radius 3 is 2.64 bits per heavy atom. The highest BCUT2D eigenvalue weighted by atomic mass is 35.5. The smallest absolute Gasteiger partial charge is 0.226 e. The highest BCUT2D eigenvalue weighted by molar-refractivity contribution is 6.31. The van der Waals surface area contributed by atoms with Crippen LogP contribution in [0.25, 0.3) is 0 Å². The molecule has 25 heavy (non-hydrogen) atoms. The Bertz CT molecular complexity index is 735. The lowest BCUT2D eigenvalue weighted by molar-refractivity contribution is -0.116. The number of carbonyl (C=O) groups excluding carboxylic acids is 1. The van der Waals surface area contributed by atoms with E-state index in [1.165, 1.54) is 0 Å². The van der Waals surface area contributed by atoms with E-state index in [-0.39, 0.29) is 5.91 Å². The van der Waals surface area contributed by atoms with Crippen LogP contribution in [0, 0.1) is 6.92 Å². The first-order valence-corrected chi connectivity index (χ1v) is 8.52. The quantitative estimate of drug-likeness (QED) is 0.726. The van der Waals surface area contributed by atoms with Crippen molar-refractivity contribution in [2.75, 3.05) is 30.9 Å². The molecule has 2 N–H and O–H groups in total. The van der Waals surface area contributed by atoms with Crippen molar-refractivity contribution in [3.63, 3.8) is 0 Å². The molecule has 0 aliphatic rings. The van der Waals surface area contributed by atoms with E-state index in [0.717, 1.165) is 17.0 Å². The van der Waals surface area contributed by atoms with E-state index in [1.807, 2.05) is 38.1 Å². The largest absolute Gasteiger partial charge is 0.495 e. The van der Waals surface area contributed by atoms with Gasteiger partial charge < -0.3 is 20.1 Å². The third kappa shape index (κ3) is 5.29. The highest BCUT2D eigenvalue weighted by Crippen LogP contribution is 2.31. The lowest BCUT2D eigenvalue weighted by Crippen LogP contribution is -2.17. The van der Waals surface area contributed by atoms with Crippen molar-refractivity contribution in [2.45, 2.75) is 20.3 Å². The summed E-state index contributed by atoms with van der Waals surface area (Å²) in [6, 6.07) is 11.2. The first-order chi connectivity index (χ1) is 12.0. The van der Waals surface area contributed by atoms with E-state index >= 15 is 0 Å². The monoisotopic (exact) mass is 362 g/mol. The standard InChI is InChI=1S/C19H23ClN2O3/c1-4-25-17-8-6-5-7-15(17)21-10-9-19(23)22-16-11-13(2)14(20)12-18(16)24-3/h5-8,11-12,21H,4,9-10H2,1-3H3,(H,22,23). The Labute approximate surface area is 153 Å². The van der Waals surface area contributed by atoms with Crippen LogP contribution in [0.3, 0.4) is 0 Å². The zero-order valence-corrected chi connectivity index (χ0v) is 15.4. The topological polar surface area (TPSA) is 59.6 Å². The Balaban J connectivity index is 1.93. The minimum Gasteiger partial charge on any atom is -0.495 e. The van der Waals surface area contributed by atoms with Gasteiger partial charge in [-0.2, -0.15) is 0 Å². The minimum absolute atomic E-state index is 0.110. The number of anilines is 2. The molecule has 2 aromatic rings. The van der Waals surface area contributed by atoms with Gasteiger partial charge in [0, 0.05) is 24.1 Å². The Kier molecular flexibility index (Phi) is 6.95. The van der Waals surface area contributed by atoms with Gasteiger partial charge in [-0.1, -0.05) is 23.7 Å². The number of methoxy groups -OCH3 is 1. The maximum atomic E-state index is 12.2. The van der Waals surface area contributed by atoms with Gasteiger partial charge >= 0.3 is 0 Å². The van der Waals surface area contributed by atoms with Crippen molar-refractivity contribution in [1.82, 2.24) is 0 Å². The van der Waals surface area contributed by atoms with Crippen molar-refractivity contribution >= 4 is 28.9 Å². The zero-order chi connectivity index (χ0) is 18.2. The number of rotatable bonds is 8. The molecule has 0 saturated heterocycles.